The van der Waals surface area contributed by atoms with Crippen LogP contribution in [-0.4, -0.2) is 17.2 Å². The first kappa shape index (κ1) is 16.1. The minimum atomic E-state index is -0.167. The maximum absolute atomic E-state index is 11.9. The highest BCUT2D eigenvalue weighted by Gasteiger charge is 2.14. The van der Waals surface area contributed by atoms with Gasteiger partial charge in [-0.3, -0.25) is 0 Å². The zero-order chi connectivity index (χ0) is 16.1. The molecule has 0 saturated carbocycles. The average molecular weight is 301 g/mol. The first-order valence-corrected chi connectivity index (χ1v) is 7.47. The van der Waals surface area contributed by atoms with E-state index in [-0.39, 0.29) is 12.1 Å². The van der Waals surface area contributed by atoms with Crippen molar-refractivity contribution in [3.63, 3.8) is 0 Å². The van der Waals surface area contributed by atoms with E-state index in [0.29, 0.717) is 13.0 Å². The predicted molar refractivity (Wildman–Crippen MR) is 85.7 cm³/mol. The molecule has 118 valence electrons. The maximum atomic E-state index is 11.9. The van der Waals surface area contributed by atoms with E-state index < -0.39 is 0 Å². The minimum Gasteiger partial charge on any atom is -0.361 e. The summed E-state index contributed by atoms with van der Waals surface area (Å²) in [7, 11) is 0. The molecular formula is C17H23N3O2. The van der Waals surface area contributed by atoms with Gasteiger partial charge in [-0.2, -0.15) is 0 Å². The first-order valence-electron chi connectivity index (χ1n) is 7.47. The third-order valence-corrected chi connectivity index (χ3v) is 3.64. The fourth-order valence-electron chi connectivity index (χ4n) is 2.31. The SMILES string of the molecule is Cc1ccc(CNC(=O)NC(C)Cc2c(C)noc2C)cc1. The maximum Gasteiger partial charge on any atom is 0.315 e. The summed E-state index contributed by atoms with van der Waals surface area (Å²) in [6, 6.07) is 7.95. The summed E-state index contributed by atoms with van der Waals surface area (Å²) < 4.78 is 5.14. The standard InChI is InChI=1S/C17H23N3O2/c1-11-5-7-15(8-6-11)10-18-17(21)19-12(2)9-16-13(3)20-22-14(16)4/h5-8,12H,9-10H2,1-4H3,(H2,18,19,21). The van der Waals surface area contributed by atoms with Crippen molar-refractivity contribution in [2.45, 2.75) is 46.7 Å². The number of nitrogens with one attached hydrogen (secondary N) is 2. The Labute approximate surface area is 131 Å². The summed E-state index contributed by atoms with van der Waals surface area (Å²) in [6.07, 6.45) is 0.707. The highest BCUT2D eigenvalue weighted by Crippen LogP contribution is 2.14. The molecule has 0 aliphatic carbocycles. The molecule has 22 heavy (non-hydrogen) atoms. The number of carbonyl (C=O) groups excluding carboxylic acids is 1. The van der Waals surface area contributed by atoms with Gasteiger partial charge in [0, 0.05) is 18.2 Å². The Bertz CT molecular complexity index is 612. The molecule has 2 rings (SSSR count). The Hall–Kier alpha value is -2.30. The van der Waals surface area contributed by atoms with Crippen LogP contribution in [0.15, 0.2) is 28.8 Å². The summed E-state index contributed by atoms with van der Waals surface area (Å²) in [5.41, 5.74) is 4.23. The molecular weight excluding hydrogens is 278 g/mol. The number of hydrogen-bond acceptors (Lipinski definition) is 3. The Morgan fingerprint density at radius 2 is 1.91 bits per heavy atom. The summed E-state index contributed by atoms with van der Waals surface area (Å²) in [4.78, 5) is 11.9. The highest BCUT2D eigenvalue weighted by molar-refractivity contribution is 5.74. The number of benzene rings is 1. The second kappa shape index (κ2) is 7.11. The van der Waals surface area contributed by atoms with Gasteiger partial charge >= 0.3 is 6.03 Å². The second-order valence-electron chi connectivity index (χ2n) is 5.72. The van der Waals surface area contributed by atoms with Gasteiger partial charge < -0.3 is 15.2 Å². The van der Waals surface area contributed by atoms with Crippen LogP contribution in [0.2, 0.25) is 0 Å². The molecule has 0 aliphatic rings. The van der Waals surface area contributed by atoms with Crippen molar-refractivity contribution in [3.8, 4) is 0 Å². The molecule has 0 spiro atoms. The Balaban J connectivity index is 1.80. The molecule has 0 radical (unpaired) electrons. The van der Waals surface area contributed by atoms with Crippen LogP contribution in [0.25, 0.3) is 0 Å². The summed E-state index contributed by atoms with van der Waals surface area (Å²) in [5, 5.41) is 9.73. The van der Waals surface area contributed by atoms with Crippen LogP contribution < -0.4 is 10.6 Å². The molecule has 2 N–H and O–H groups in total. The molecule has 2 amide bonds. The molecule has 1 unspecified atom stereocenters. The third kappa shape index (κ3) is 4.35. The number of aromatic nitrogens is 1. The van der Waals surface area contributed by atoms with Crippen LogP contribution in [0.3, 0.4) is 0 Å². The molecule has 2 aromatic rings. The molecule has 1 atom stereocenters. The van der Waals surface area contributed by atoms with E-state index >= 15 is 0 Å². The molecule has 1 heterocycles. The normalized spacial score (nSPS) is 12.0. The lowest BCUT2D eigenvalue weighted by Gasteiger charge is -2.14. The van der Waals surface area contributed by atoms with Gasteiger partial charge in [0.05, 0.1) is 5.69 Å². The van der Waals surface area contributed by atoms with Gasteiger partial charge in [0.15, 0.2) is 0 Å². The minimum absolute atomic E-state index is 0.00909. The quantitative estimate of drug-likeness (QED) is 0.892. The Morgan fingerprint density at radius 1 is 1.23 bits per heavy atom. The van der Waals surface area contributed by atoms with E-state index in [1.54, 1.807) is 0 Å². The summed E-state index contributed by atoms with van der Waals surface area (Å²) >= 11 is 0. The Morgan fingerprint density at radius 3 is 2.50 bits per heavy atom. The Kier molecular flexibility index (Phi) is 5.20. The fourth-order valence-corrected chi connectivity index (χ4v) is 2.31. The average Bonchev–Trinajstić information content (AvgIpc) is 2.78. The number of rotatable bonds is 5. The molecule has 5 heteroatoms. The van der Waals surface area contributed by atoms with Crippen molar-refractivity contribution in [2.75, 3.05) is 0 Å². The number of carbonyl (C=O) groups is 1. The zero-order valence-corrected chi connectivity index (χ0v) is 13.6. The van der Waals surface area contributed by atoms with Crippen LogP contribution >= 0.6 is 0 Å². The van der Waals surface area contributed by atoms with Gasteiger partial charge in [0.25, 0.3) is 0 Å². The lowest BCUT2D eigenvalue weighted by atomic mass is 10.1. The van der Waals surface area contributed by atoms with E-state index in [2.05, 4.69) is 15.8 Å². The van der Waals surface area contributed by atoms with Crippen molar-refractivity contribution in [2.24, 2.45) is 0 Å². The molecule has 0 saturated heterocycles. The largest absolute Gasteiger partial charge is 0.361 e. The molecule has 0 fully saturated rings. The van der Waals surface area contributed by atoms with E-state index in [1.165, 1.54) is 5.56 Å². The van der Waals surface area contributed by atoms with Crippen molar-refractivity contribution in [3.05, 3.63) is 52.4 Å². The molecule has 1 aromatic carbocycles. The second-order valence-corrected chi connectivity index (χ2v) is 5.72. The van der Waals surface area contributed by atoms with Crippen LogP contribution in [0, 0.1) is 20.8 Å². The molecule has 0 aliphatic heterocycles. The van der Waals surface area contributed by atoms with Crippen LogP contribution in [0.4, 0.5) is 4.79 Å². The highest BCUT2D eigenvalue weighted by atomic mass is 16.5. The van der Waals surface area contributed by atoms with Crippen molar-refractivity contribution < 1.29 is 9.32 Å². The lowest BCUT2D eigenvalue weighted by molar-refractivity contribution is 0.237. The zero-order valence-electron chi connectivity index (χ0n) is 13.6. The van der Waals surface area contributed by atoms with Crippen molar-refractivity contribution in [1.82, 2.24) is 15.8 Å². The fraction of sp³-hybridized carbons (Fsp3) is 0.412. The smallest absolute Gasteiger partial charge is 0.315 e. The van der Waals surface area contributed by atoms with E-state index in [0.717, 1.165) is 22.6 Å². The first-order chi connectivity index (χ1) is 10.5. The number of hydrogen-bond donors (Lipinski definition) is 2. The van der Waals surface area contributed by atoms with E-state index in [1.807, 2.05) is 52.0 Å². The monoisotopic (exact) mass is 301 g/mol. The number of amides is 2. The van der Waals surface area contributed by atoms with Crippen LogP contribution in [0.1, 0.15) is 35.1 Å². The summed E-state index contributed by atoms with van der Waals surface area (Å²) in [6.45, 7) is 8.33. The topological polar surface area (TPSA) is 67.2 Å². The van der Waals surface area contributed by atoms with Crippen LogP contribution in [0.5, 0.6) is 0 Å². The predicted octanol–water partition coefficient (Wildman–Crippen LogP) is 3.03. The van der Waals surface area contributed by atoms with Gasteiger partial charge in [0.1, 0.15) is 5.76 Å². The molecule has 1 aromatic heterocycles. The van der Waals surface area contributed by atoms with E-state index in [4.69, 9.17) is 4.52 Å². The lowest BCUT2D eigenvalue weighted by Crippen LogP contribution is -2.41. The van der Waals surface area contributed by atoms with Gasteiger partial charge in [-0.1, -0.05) is 35.0 Å². The summed E-state index contributed by atoms with van der Waals surface area (Å²) in [5.74, 6) is 0.811. The molecule has 0 bridgehead atoms. The van der Waals surface area contributed by atoms with E-state index in [9.17, 15) is 4.79 Å². The number of urea groups is 1. The van der Waals surface area contributed by atoms with Gasteiger partial charge in [-0.15, -0.1) is 0 Å². The molecule has 5 nitrogen and oxygen atoms in total. The van der Waals surface area contributed by atoms with Crippen LogP contribution in [-0.2, 0) is 13.0 Å². The number of aryl methyl sites for hydroxylation is 3. The number of nitrogens with zero attached hydrogens (tertiary/aromatic N) is 1. The van der Waals surface area contributed by atoms with Gasteiger partial charge in [-0.25, -0.2) is 4.79 Å². The van der Waals surface area contributed by atoms with Gasteiger partial charge in [0.2, 0.25) is 0 Å². The third-order valence-electron chi connectivity index (χ3n) is 3.64. The van der Waals surface area contributed by atoms with Crippen molar-refractivity contribution in [1.29, 1.82) is 0 Å². The van der Waals surface area contributed by atoms with Crippen molar-refractivity contribution >= 4 is 6.03 Å². The van der Waals surface area contributed by atoms with Gasteiger partial charge in [-0.05, 0) is 39.7 Å².